The highest BCUT2D eigenvalue weighted by Gasteiger charge is 2.45. The van der Waals surface area contributed by atoms with Gasteiger partial charge in [-0.05, 0) is 19.9 Å². The van der Waals surface area contributed by atoms with Crippen LogP contribution in [0, 0.1) is 5.82 Å². The molecule has 0 radical (unpaired) electrons. The van der Waals surface area contributed by atoms with Gasteiger partial charge in [0.2, 0.25) is 0 Å². The maximum atomic E-state index is 13.8. The van der Waals surface area contributed by atoms with E-state index < -0.39 is 23.0 Å². The first kappa shape index (κ1) is 14.8. The largest absolute Gasteiger partial charge is 0.465 e. The molecule has 5 heteroatoms. The van der Waals surface area contributed by atoms with Gasteiger partial charge >= 0.3 is 5.97 Å². The van der Waals surface area contributed by atoms with E-state index >= 15 is 0 Å². The third kappa shape index (κ3) is 2.61. The van der Waals surface area contributed by atoms with Crippen LogP contribution in [0.15, 0.2) is 24.3 Å². The first-order chi connectivity index (χ1) is 8.48. The van der Waals surface area contributed by atoms with Crippen molar-refractivity contribution in [3.63, 3.8) is 0 Å². The molecule has 1 aromatic carbocycles. The van der Waals surface area contributed by atoms with Gasteiger partial charge in [0.1, 0.15) is 5.82 Å². The fourth-order valence-electron chi connectivity index (χ4n) is 1.65. The minimum atomic E-state index is -1.62. The number of halogens is 2. The summed E-state index contributed by atoms with van der Waals surface area (Å²) in [6, 6.07) is 5.72. The summed E-state index contributed by atoms with van der Waals surface area (Å²) in [5, 5.41) is -0.0450. The molecule has 0 saturated carbocycles. The second-order valence-corrected chi connectivity index (χ2v) is 4.44. The fourth-order valence-corrected chi connectivity index (χ4v) is 2.21. The smallest absolute Gasteiger partial charge is 0.324 e. The maximum Gasteiger partial charge on any atom is 0.324 e. The Balaban J connectivity index is 3.34. The lowest BCUT2D eigenvalue weighted by Crippen LogP contribution is -2.43. The van der Waals surface area contributed by atoms with Crippen LogP contribution in [-0.4, -0.2) is 23.7 Å². The Labute approximate surface area is 113 Å². The van der Waals surface area contributed by atoms with E-state index in [9.17, 15) is 14.0 Å². The van der Waals surface area contributed by atoms with E-state index in [0.29, 0.717) is 0 Å². The number of hydrogen-bond acceptors (Lipinski definition) is 3. The minimum Gasteiger partial charge on any atom is -0.465 e. The molecule has 1 unspecified atom stereocenters. The SMILES string of the molecule is CCOC(=O)C(C)(C(=O)CBr)c1ccccc1F. The molecule has 1 atom stereocenters. The zero-order valence-corrected chi connectivity index (χ0v) is 11.8. The quantitative estimate of drug-likeness (QED) is 0.476. The van der Waals surface area contributed by atoms with Crippen LogP contribution < -0.4 is 0 Å². The number of benzene rings is 1. The Bertz CT molecular complexity index is 461. The molecule has 0 aliphatic heterocycles. The van der Waals surface area contributed by atoms with Crippen LogP contribution in [0.5, 0.6) is 0 Å². The Morgan fingerprint density at radius 3 is 2.50 bits per heavy atom. The Kier molecular flexibility index (Phi) is 5.02. The van der Waals surface area contributed by atoms with Crippen molar-refractivity contribution < 1.29 is 18.7 Å². The van der Waals surface area contributed by atoms with Crippen LogP contribution >= 0.6 is 15.9 Å². The third-order valence-corrected chi connectivity index (χ3v) is 3.28. The minimum absolute atomic E-state index is 0.0351. The number of ether oxygens (including phenoxy) is 1. The normalized spacial score (nSPS) is 13.8. The molecule has 1 aromatic rings. The number of hydrogen-bond donors (Lipinski definition) is 0. The maximum absolute atomic E-state index is 13.8. The molecular formula is C13H14BrFO3. The fraction of sp³-hybridized carbons (Fsp3) is 0.385. The Morgan fingerprint density at radius 2 is 2.00 bits per heavy atom. The van der Waals surface area contributed by atoms with E-state index in [-0.39, 0.29) is 17.5 Å². The van der Waals surface area contributed by atoms with Gasteiger partial charge in [-0.15, -0.1) is 0 Å². The number of Topliss-reactive ketones (excluding diaryl/α,β-unsaturated/α-hetero) is 1. The van der Waals surface area contributed by atoms with E-state index in [1.807, 2.05) is 0 Å². The molecule has 18 heavy (non-hydrogen) atoms. The lowest BCUT2D eigenvalue weighted by atomic mass is 9.79. The summed E-state index contributed by atoms with van der Waals surface area (Å²) >= 11 is 3.01. The van der Waals surface area contributed by atoms with Crippen molar-refractivity contribution >= 4 is 27.7 Å². The topological polar surface area (TPSA) is 43.4 Å². The van der Waals surface area contributed by atoms with E-state index in [4.69, 9.17) is 4.74 Å². The molecule has 1 rings (SSSR count). The molecule has 0 aromatic heterocycles. The van der Waals surface area contributed by atoms with Crippen LogP contribution in [0.1, 0.15) is 19.4 Å². The number of carbonyl (C=O) groups is 2. The molecule has 0 N–H and O–H groups in total. The van der Waals surface area contributed by atoms with Gasteiger partial charge in [-0.25, -0.2) is 4.39 Å². The number of rotatable bonds is 5. The predicted molar refractivity (Wildman–Crippen MR) is 69.2 cm³/mol. The average Bonchev–Trinajstić information content (AvgIpc) is 2.37. The van der Waals surface area contributed by atoms with Crippen molar-refractivity contribution in [2.75, 3.05) is 11.9 Å². The highest BCUT2D eigenvalue weighted by atomic mass is 79.9. The lowest BCUT2D eigenvalue weighted by molar-refractivity contribution is -0.152. The molecule has 0 aliphatic rings. The zero-order valence-electron chi connectivity index (χ0n) is 10.2. The standard InChI is InChI=1S/C13H14BrFO3/c1-3-18-12(17)13(2,11(16)8-14)9-6-4-5-7-10(9)15/h4-7H,3,8H2,1-2H3. The monoisotopic (exact) mass is 316 g/mol. The number of ketones is 1. The van der Waals surface area contributed by atoms with Crippen molar-refractivity contribution in [2.24, 2.45) is 0 Å². The van der Waals surface area contributed by atoms with Crippen molar-refractivity contribution in [3.05, 3.63) is 35.6 Å². The molecule has 0 fully saturated rings. The van der Waals surface area contributed by atoms with Crippen LogP contribution in [0.25, 0.3) is 0 Å². The molecule has 0 aliphatic carbocycles. The van der Waals surface area contributed by atoms with E-state index in [1.165, 1.54) is 25.1 Å². The molecule has 0 saturated heterocycles. The van der Waals surface area contributed by atoms with Crippen molar-refractivity contribution in [1.82, 2.24) is 0 Å². The second kappa shape index (κ2) is 6.09. The molecule has 0 amide bonds. The summed E-state index contributed by atoms with van der Waals surface area (Å²) in [6.07, 6.45) is 0. The van der Waals surface area contributed by atoms with Crippen LogP contribution in [0.2, 0.25) is 0 Å². The van der Waals surface area contributed by atoms with Gasteiger partial charge in [0, 0.05) is 5.56 Å². The molecular weight excluding hydrogens is 303 g/mol. The molecule has 3 nitrogen and oxygen atoms in total. The number of alkyl halides is 1. The summed E-state index contributed by atoms with van der Waals surface area (Å²) < 4.78 is 18.7. The number of carbonyl (C=O) groups excluding carboxylic acids is 2. The van der Waals surface area contributed by atoms with Gasteiger partial charge in [-0.3, -0.25) is 9.59 Å². The second-order valence-electron chi connectivity index (χ2n) is 3.88. The van der Waals surface area contributed by atoms with Crippen LogP contribution in [0.3, 0.4) is 0 Å². The van der Waals surface area contributed by atoms with Crippen molar-refractivity contribution in [2.45, 2.75) is 19.3 Å². The molecule has 0 heterocycles. The molecule has 0 bridgehead atoms. The molecule has 98 valence electrons. The lowest BCUT2D eigenvalue weighted by Gasteiger charge is -2.25. The Hall–Kier alpha value is -1.23. The van der Waals surface area contributed by atoms with E-state index in [2.05, 4.69) is 15.9 Å². The summed E-state index contributed by atoms with van der Waals surface area (Å²) in [5.41, 5.74) is -1.59. The van der Waals surface area contributed by atoms with Gasteiger partial charge in [0.15, 0.2) is 11.2 Å². The highest BCUT2D eigenvalue weighted by Crippen LogP contribution is 2.29. The Morgan fingerprint density at radius 1 is 1.39 bits per heavy atom. The van der Waals surface area contributed by atoms with Crippen molar-refractivity contribution in [1.29, 1.82) is 0 Å². The first-order valence-corrected chi connectivity index (χ1v) is 6.62. The number of esters is 1. The van der Waals surface area contributed by atoms with Gasteiger partial charge in [-0.2, -0.15) is 0 Å². The average molecular weight is 317 g/mol. The van der Waals surface area contributed by atoms with Crippen LogP contribution in [-0.2, 0) is 19.7 Å². The third-order valence-electron chi connectivity index (χ3n) is 2.78. The van der Waals surface area contributed by atoms with E-state index in [0.717, 1.165) is 0 Å². The predicted octanol–water partition coefficient (Wildman–Crippen LogP) is 2.61. The summed E-state index contributed by atoms with van der Waals surface area (Å²) in [4.78, 5) is 24.0. The summed E-state index contributed by atoms with van der Waals surface area (Å²) in [5.74, 6) is -1.77. The van der Waals surface area contributed by atoms with Crippen LogP contribution in [0.4, 0.5) is 4.39 Å². The molecule has 0 spiro atoms. The summed E-state index contributed by atoms with van der Waals surface area (Å²) in [6.45, 7) is 3.16. The van der Waals surface area contributed by atoms with Gasteiger partial charge in [0.25, 0.3) is 0 Å². The highest BCUT2D eigenvalue weighted by molar-refractivity contribution is 9.09. The van der Waals surface area contributed by atoms with Gasteiger partial charge in [-0.1, -0.05) is 34.1 Å². The first-order valence-electron chi connectivity index (χ1n) is 5.50. The van der Waals surface area contributed by atoms with E-state index in [1.54, 1.807) is 13.0 Å². The van der Waals surface area contributed by atoms with Gasteiger partial charge < -0.3 is 4.74 Å². The van der Waals surface area contributed by atoms with Crippen molar-refractivity contribution in [3.8, 4) is 0 Å². The van der Waals surface area contributed by atoms with Gasteiger partial charge in [0.05, 0.1) is 11.9 Å². The zero-order chi connectivity index (χ0) is 13.8. The summed E-state index contributed by atoms with van der Waals surface area (Å²) in [7, 11) is 0.